The van der Waals surface area contributed by atoms with E-state index in [0.29, 0.717) is 22.4 Å². The minimum Gasteiger partial charge on any atom is -0.469 e. The van der Waals surface area contributed by atoms with Gasteiger partial charge in [-0.1, -0.05) is 24.3 Å². The van der Waals surface area contributed by atoms with Crippen molar-refractivity contribution in [3.63, 3.8) is 0 Å². The molecule has 122 valence electrons. The van der Waals surface area contributed by atoms with Gasteiger partial charge in [0.05, 0.1) is 30.7 Å². The molecule has 1 heterocycles. The standard InChI is InChI=1S/C18H16N2O4/c1-24-16(21)10-15(11-5-4-6-12(19)9-11)20-17(22)13-7-2-3-8-14(13)18(20)23/h2-9,15H,10,19H2,1H3. The number of nitrogen functional groups attached to an aromatic ring is 1. The van der Waals surface area contributed by atoms with Crippen molar-refractivity contribution in [1.29, 1.82) is 0 Å². The summed E-state index contributed by atoms with van der Waals surface area (Å²) in [6.45, 7) is 0. The van der Waals surface area contributed by atoms with Crippen molar-refractivity contribution in [3.8, 4) is 0 Å². The molecule has 1 unspecified atom stereocenters. The molecular weight excluding hydrogens is 308 g/mol. The molecule has 0 fully saturated rings. The van der Waals surface area contributed by atoms with Gasteiger partial charge in [0.1, 0.15) is 0 Å². The highest BCUT2D eigenvalue weighted by Gasteiger charge is 2.41. The molecule has 0 bridgehead atoms. The average molecular weight is 324 g/mol. The van der Waals surface area contributed by atoms with Crippen LogP contribution in [-0.2, 0) is 9.53 Å². The second-order valence-corrected chi connectivity index (χ2v) is 5.49. The SMILES string of the molecule is COC(=O)CC(c1cccc(N)c1)N1C(=O)c2ccccc2C1=O. The van der Waals surface area contributed by atoms with Crippen LogP contribution >= 0.6 is 0 Å². The third-order valence-electron chi connectivity index (χ3n) is 4.02. The fourth-order valence-electron chi connectivity index (χ4n) is 2.86. The number of benzene rings is 2. The molecule has 0 aliphatic carbocycles. The van der Waals surface area contributed by atoms with E-state index in [1.54, 1.807) is 48.5 Å². The quantitative estimate of drug-likeness (QED) is 0.529. The van der Waals surface area contributed by atoms with Gasteiger partial charge < -0.3 is 10.5 Å². The van der Waals surface area contributed by atoms with Crippen molar-refractivity contribution in [2.45, 2.75) is 12.5 Å². The Kier molecular flexibility index (Phi) is 4.04. The third-order valence-corrected chi connectivity index (χ3v) is 4.02. The number of ether oxygens (including phenoxy) is 1. The number of rotatable bonds is 4. The lowest BCUT2D eigenvalue weighted by Gasteiger charge is -2.26. The lowest BCUT2D eigenvalue weighted by molar-refractivity contribution is -0.141. The maximum atomic E-state index is 12.7. The van der Waals surface area contributed by atoms with Crippen molar-refractivity contribution in [2.24, 2.45) is 0 Å². The van der Waals surface area contributed by atoms with Crippen LogP contribution in [0.15, 0.2) is 48.5 Å². The number of fused-ring (bicyclic) bond motifs is 1. The largest absolute Gasteiger partial charge is 0.469 e. The van der Waals surface area contributed by atoms with E-state index in [1.165, 1.54) is 7.11 Å². The van der Waals surface area contributed by atoms with Crippen LogP contribution in [0.4, 0.5) is 5.69 Å². The second kappa shape index (κ2) is 6.16. The van der Waals surface area contributed by atoms with Crippen molar-refractivity contribution in [1.82, 2.24) is 4.90 Å². The number of hydrogen-bond acceptors (Lipinski definition) is 5. The Morgan fingerprint density at radius 2 is 1.71 bits per heavy atom. The number of amides is 2. The number of methoxy groups -OCH3 is 1. The van der Waals surface area contributed by atoms with Gasteiger partial charge in [0.2, 0.25) is 0 Å². The minimum atomic E-state index is -0.770. The van der Waals surface area contributed by atoms with Gasteiger partial charge in [-0.15, -0.1) is 0 Å². The van der Waals surface area contributed by atoms with Gasteiger partial charge in [-0.2, -0.15) is 0 Å². The van der Waals surface area contributed by atoms with Crippen molar-refractivity contribution in [3.05, 3.63) is 65.2 Å². The molecule has 6 heteroatoms. The normalized spacial score (nSPS) is 14.5. The summed E-state index contributed by atoms with van der Waals surface area (Å²) in [6, 6.07) is 12.6. The van der Waals surface area contributed by atoms with Crippen LogP contribution < -0.4 is 5.73 Å². The summed E-state index contributed by atoms with van der Waals surface area (Å²) in [4.78, 5) is 38.3. The molecule has 24 heavy (non-hydrogen) atoms. The highest BCUT2D eigenvalue weighted by atomic mass is 16.5. The first-order valence-electron chi connectivity index (χ1n) is 7.42. The monoisotopic (exact) mass is 324 g/mol. The fraction of sp³-hybridized carbons (Fsp3) is 0.167. The summed E-state index contributed by atoms with van der Waals surface area (Å²) >= 11 is 0. The Morgan fingerprint density at radius 3 is 2.25 bits per heavy atom. The van der Waals surface area contributed by atoms with Gasteiger partial charge in [0.15, 0.2) is 0 Å². The van der Waals surface area contributed by atoms with E-state index in [0.717, 1.165) is 4.90 Å². The Hall–Kier alpha value is -3.15. The minimum absolute atomic E-state index is 0.134. The number of carbonyl (C=O) groups is 3. The molecule has 2 aromatic carbocycles. The van der Waals surface area contributed by atoms with Crippen LogP contribution in [0, 0.1) is 0 Å². The highest BCUT2D eigenvalue weighted by Crippen LogP contribution is 2.34. The number of anilines is 1. The third kappa shape index (κ3) is 2.62. The Balaban J connectivity index is 2.05. The molecule has 2 amide bonds. The first-order chi connectivity index (χ1) is 11.5. The van der Waals surface area contributed by atoms with E-state index in [4.69, 9.17) is 10.5 Å². The number of hydrogen-bond donors (Lipinski definition) is 1. The van der Waals surface area contributed by atoms with Crippen LogP contribution in [0.1, 0.15) is 38.7 Å². The summed E-state index contributed by atoms with van der Waals surface area (Å²) in [5.74, 6) is -1.36. The highest BCUT2D eigenvalue weighted by molar-refractivity contribution is 6.21. The fourth-order valence-corrected chi connectivity index (χ4v) is 2.86. The zero-order valence-electron chi connectivity index (χ0n) is 13.1. The zero-order valence-corrected chi connectivity index (χ0v) is 13.1. The lowest BCUT2D eigenvalue weighted by atomic mass is 10.0. The van der Waals surface area contributed by atoms with Gasteiger partial charge in [0.25, 0.3) is 11.8 Å². The zero-order chi connectivity index (χ0) is 17.3. The topological polar surface area (TPSA) is 89.7 Å². The van der Waals surface area contributed by atoms with Gasteiger partial charge >= 0.3 is 5.97 Å². The maximum absolute atomic E-state index is 12.7. The number of esters is 1. The van der Waals surface area contributed by atoms with E-state index in [9.17, 15) is 14.4 Å². The van der Waals surface area contributed by atoms with E-state index >= 15 is 0 Å². The predicted molar refractivity (Wildman–Crippen MR) is 87.2 cm³/mol. The Labute approximate surface area is 138 Å². The van der Waals surface area contributed by atoms with Crippen LogP contribution in [0.25, 0.3) is 0 Å². The number of nitrogens with two attached hydrogens (primary N) is 1. The van der Waals surface area contributed by atoms with E-state index in [2.05, 4.69) is 0 Å². The molecule has 6 nitrogen and oxygen atoms in total. The van der Waals surface area contributed by atoms with E-state index < -0.39 is 23.8 Å². The summed E-state index contributed by atoms with van der Waals surface area (Å²) < 4.78 is 4.72. The molecule has 0 radical (unpaired) electrons. The molecule has 0 saturated carbocycles. The smallest absolute Gasteiger partial charge is 0.307 e. The van der Waals surface area contributed by atoms with Crippen molar-refractivity contribution in [2.75, 3.05) is 12.8 Å². The molecule has 1 aliphatic rings. The van der Waals surface area contributed by atoms with Gasteiger partial charge in [0, 0.05) is 5.69 Å². The second-order valence-electron chi connectivity index (χ2n) is 5.49. The first-order valence-corrected chi connectivity index (χ1v) is 7.42. The Bertz CT molecular complexity index is 796. The van der Waals surface area contributed by atoms with E-state index in [1.807, 2.05) is 0 Å². The molecule has 1 atom stereocenters. The van der Waals surface area contributed by atoms with Crippen molar-refractivity contribution >= 4 is 23.5 Å². The first kappa shape index (κ1) is 15.7. The molecular formula is C18H16N2O4. The van der Waals surface area contributed by atoms with Gasteiger partial charge in [-0.3, -0.25) is 19.3 Å². The maximum Gasteiger partial charge on any atom is 0.307 e. The molecule has 0 spiro atoms. The van der Waals surface area contributed by atoms with Crippen LogP contribution in [0.3, 0.4) is 0 Å². The van der Waals surface area contributed by atoms with Crippen LogP contribution in [-0.4, -0.2) is 29.8 Å². The van der Waals surface area contributed by atoms with Crippen LogP contribution in [0.5, 0.6) is 0 Å². The summed E-state index contributed by atoms with van der Waals surface area (Å²) in [7, 11) is 1.27. The average Bonchev–Trinajstić information content (AvgIpc) is 2.84. The predicted octanol–water partition coefficient (Wildman–Crippen LogP) is 2.17. The Morgan fingerprint density at radius 1 is 1.08 bits per heavy atom. The van der Waals surface area contributed by atoms with Crippen molar-refractivity contribution < 1.29 is 19.1 Å². The number of imide groups is 1. The molecule has 1 aliphatic heterocycles. The van der Waals surface area contributed by atoms with Gasteiger partial charge in [-0.25, -0.2) is 0 Å². The summed E-state index contributed by atoms with van der Waals surface area (Å²) in [6.07, 6.45) is -0.134. The number of carbonyl (C=O) groups excluding carboxylic acids is 3. The molecule has 0 aromatic heterocycles. The molecule has 0 saturated heterocycles. The molecule has 3 rings (SSSR count). The molecule has 2 N–H and O–H groups in total. The summed E-state index contributed by atoms with van der Waals surface area (Å²) in [5.41, 5.74) is 7.57. The van der Waals surface area contributed by atoms with Gasteiger partial charge in [-0.05, 0) is 29.8 Å². The summed E-state index contributed by atoms with van der Waals surface area (Å²) in [5, 5.41) is 0. The lowest BCUT2D eigenvalue weighted by Crippen LogP contribution is -2.35. The molecule has 2 aromatic rings. The van der Waals surface area contributed by atoms with Crippen LogP contribution in [0.2, 0.25) is 0 Å². The number of nitrogens with zero attached hydrogens (tertiary/aromatic N) is 1. The van der Waals surface area contributed by atoms with E-state index in [-0.39, 0.29) is 6.42 Å².